The van der Waals surface area contributed by atoms with E-state index in [0.717, 1.165) is 35.5 Å². The number of methoxy groups -OCH3 is 1. The van der Waals surface area contributed by atoms with Crippen LogP contribution >= 0.6 is 27.3 Å². The first-order valence-corrected chi connectivity index (χ1v) is 8.35. The summed E-state index contributed by atoms with van der Waals surface area (Å²) in [6, 6.07) is 4.84. The summed E-state index contributed by atoms with van der Waals surface area (Å²) in [4.78, 5) is 2.16. The van der Waals surface area contributed by atoms with Crippen LogP contribution in [0.15, 0.2) is 22.7 Å². The van der Waals surface area contributed by atoms with Gasteiger partial charge in [-0.15, -0.1) is 10.2 Å². The van der Waals surface area contributed by atoms with Crippen molar-refractivity contribution < 1.29 is 9.13 Å². The molecule has 1 saturated heterocycles. The van der Waals surface area contributed by atoms with Crippen LogP contribution < -0.4 is 4.90 Å². The van der Waals surface area contributed by atoms with Gasteiger partial charge >= 0.3 is 0 Å². The largest absolute Gasteiger partial charge is 0.380 e. The summed E-state index contributed by atoms with van der Waals surface area (Å²) >= 11 is 4.77. The van der Waals surface area contributed by atoms with E-state index in [9.17, 15) is 4.39 Å². The third-order valence-electron chi connectivity index (χ3n) is 3.56. The Kier molecular flexibility index (Phi) is 4.51. The first-order chi connectivity index (χ1) is 10.2. The van der Waals surface area contributed by atoms with E-state index in [-0.39, 0.29) is 11.9 Å². The van der Waals surface area contributed by atoms with Crippen molar-refractivity contribution in [1.29, 1.82) is 0 Å². The first kappa shape index (κ1) is 14.9. The van der Waals surface area contributed by atoms with Gasteiger partial charge in [-0.05, 0) is 31.0 Å². The van der Waals surface area contributed by atoms with E-state index in [0.29, 0.717) is 10.6 Å². The molecule has 2 aromatic rings. The highest BCUT2D eigenvalue weighted by Gasteiger charge is 2.23. The molecule has 1 aliphatic heterocycles. The van der Waals surface area contributed by atoms with Crippen LogP contribution in [0.25, 0.3) is 10.6 Å². The zero-order valence-electron chi connectivity index (χ0n) is 11.6. The average molecular weight is 372 g/mol. The van der Waals surface area contributed by atoms with Crippen molar-refractivity contribution in [1.82, 2.24) is 10.2 Å². The molecule has 1 aromatic carbocycles. The van der Waals surface area contributed by atoms with Gasteiger partial charge in [0, 0.05) is 30.2 Å². The number of nitrogens with zero attached hydrogens (tertiary/aromatic N) is 3. The van der Waals surface area contributed by atoms with Gasteiger partial charge in [-0.1, -0.05) is 27.3 Å². The number of benzene rings is 1. The Labute approximate surface area is 135 Å². The number of ether oxygens (including phenoxy) is 1. The minimum Gasteiger partial charge on any atom is -0.380 e. The fourth-order valence-electron chi connectivity index (χ4n) is 2.42. The molecular formula is C14H15BrFN3OS. The molecule has 0 aliphatic carbocycles. The van der Waals surface area contributed by atoms with Crippen LogP contribution in [-0.2, 0) is 4.74 Å². The van der Waals surface area contributed by atoms with E-state index in [4.69, 9.17) is 4.74 Å². The molecule has 1 aromatic heterocycles. The molecule has 1 atom stereocenters. The Morgan fingerprint density at radius 3 is 3.10 bits per heavy atom. The van der Waals surface area contributed by atoms with Crippen LogP contribution in [-0.4, -0.2) is 36.5 Å². The molecule has 4 nitrogen and oxygen atoms in total. The zero-order chi connectivity index (χ0) is 14.8. The smallest absolute Gasteiger partial charge is 0.208 e. The summed E-state index contributed by atoms with van der Waals surface area (Å²) in [7, 11) is 1.73. The molecule has 1 aliphatic rings. The van der Waals surface area contributed by atoms with E-state index >= 15 is 0 Å². The molecule has 1 unspecified atom stereocenters. The third-order valence-corrected chi connectivity index (χ3v) is 5.07. The Balaban J connectivity index is 1.84. The van der Waals surface area contributed by atoms with Gasteiger partial charge in [0.05, 0.1) is 6.10 Å². The van der Waals surface area contributed by atoms with E-state index in [1.807, 2.05) is 0 Å². The van der Waals surface area contributed by atoms with Crippen molar-refractivity contribution >= 4 is 32.4 Å². The average Bonchev–Trinajstić information content (AvgIpc) is 2.99. The number of piperidine rings is 1. The number of hydrogen-bond donors (Lipinski definition) is 0. The number of rotatable bonds is 3. The summed E-state index contributed by atoms with van der Waals surface area (Å²) in [5, 5.41) is 9.78. The van der Waals surface area contributed by atoms with E-state index in [1.165, 1.54) is 17.4 Å². The molecule has 3 rings (SSSR count). The monoisotopic (exact) mass is 371 g/mol. The Morgan fingerprint density at radius 1 is 1.43 bits per heavy atom. The lowest BCUT2D eigenvalue weighted by Crippen LogP contribution is -2.39. The number of halogens is 2. The van der Waals surface area contributed by atoms with Gasteiger partial charge < -0.3 is 9.64 Å². The molecule has 1 fully saturated rings. The summed E-state index contributed by atoms with van der Waals surface area (Å²) in [6.45, 7) is 1.75. The maximum absolute atomic E-state index is 13.9. The zero-order valence-corrected chi connectivity index (χ0v) is 14.0. The molecule has 0 N–H and O–H groups in total. The highest BCUT2D eigenvalue weighted by atomic mass is 79.9. The molecule has 112 valence electrons. The molecule has 0 saturated carbocycles. The fourth-order valence-corrected chi connectivity index (χ4v) is 3.68. The van der Waals surface area contributed by atoms with Gasteiger partial charge in [0.15, 0.2) is 5.01 Å². The van der Waals surface area contributed by atoms with E-state index in [2.05, 4.69) is 31.0 Å². The van der Waals surface area contributed by atoms with Gasteiger partial charge in [0.1, 0.15) is 5.82 Å². The first-order valence-electron chi connectivity index (χ1n) is 6.74. The second-order valence-electron chi connectivity index (χ2n) is 4.96. The number of anilines is 1. The molecule has 0 spiro atoms. The van der Waals surface area contributed by atoms with Crippen LogP contribution in [0.4, 0.5) is 9.52 Å². The highest BCUT2D eigenvalue weighted by Crippen LogP contribution is 2.33. The van der Waals surface area contributed by atoms with E-state index < -0.39 is 0 Å². The summed E-state index contributed by atoms with van der Waals surface area (Å²) in [5.74, 6) is -0.283. The topological polar surface area (TPSA) is 38.2 Å². The summed E-state index contributed by atoms with van der Waals surface area (Å²) in [6.07, 6.45) is 2.37. The quantitative estimate of drug-likeness (QED) is 0.823. The number of aromatic nitrogens is 2. The van der Waals surface area contributed by atoms with Crippen LogP contribution in [0.1, 0.15) is 12.8 Å². The normalized spacial score (nSPS) is 19.0. The van der Waals surface area contributed by atoms with Crippen molar-refractivity contribution in [3.05, 3.63) is 28.5 Å². The van der Waals surface area contributed by atoms with Crippen LogP contribution in [0.3, 0.4) is 0 Å². The lowest BCUT2D eigenvalue weighted by Gasteiger charge is -2.31. The van der Waals surface area contributed by atoms with Crippen LogP contribution in [0, 0.1) is 5.82 Å². The minimum atomic E-state index is -0.283. The molecular weight excluding hydrogens is 357 g/mol. The lowest BCUT2D eigenvalue weighted by molar-refractivity contribution is 0.0893. The summed E-state index contributed by atoms with van der Waals surface area (Å²) < 4.78 is 20.2. The molecule has 7 heteroatoms. The highest BCUT2D eigenvalue weighted by molar-refractivity contribution is 9.10. The maximum Gasteiger partial charge on any atom is 0.208 e. The molecule has 0 amide bonds. The van der Waals surface area contributed by atoms with Gasteiger partial charge in [-0.3, -0.25) is 0 Å². The van der Waals surface area contributed by atoms with Crippen molar-refractivity contribution in [3.8, 4) is 10.6 Å². The second-order valence-corrected chi connectivity index (χ2v) is 6.83. The Morgan fingerprint density at radius 2 is 2.29 bits per heavy atom. The van der Waals surface area contributed by atoms with Gasteiger partial charge in [-0.25, -0.2) is 4.39 Å². The predicted octanol–water partition coefficient (Wildman–Crippen LogP) is 3.72. The fraction of sp³-hybridized carbons (Fsp3) is 0.429. The van der Waals surface area contributed by atoms with Crippen molar-refractivity contribution in [2.45, 2.75) is 18.9 Å². The van der Waals surface area contributed by atoms with Gasteiger partial charge in [-0.2, -0.15) is 0 Å². The van der Waals surface area contributed by atoms with Gasteiger partial charge in [0.2, 0.25) is 5.13 Å². The van der Waals surface area contributed by atoms with E-state index in [1.54, 1.807) is 19.2 Å². The molecule has 0 bridgehead atoms. The maximum atomic E-state index is 13.9. The predicted molar refractivity (Wildman–Crippen MR) is 85.2 cm³/mol. The van der Waals surface area contributed by atoms with Crippen molar-refractivity contribution in [2.75, 3.05) is 25.1 Å². The minimum absolute atomic E-state index is 0.230. The third kappa shape index (κ3) is 3.25. The van der Waals surface area contributed by atoms with Crippen LogP contribution in [0.2, 0.25) is 0 Å². The summed E-state index contributed by atoms with van der Waals surface area (Å²) in [5.41, 5.74) is 0.480. The SMILES string of the molecule is COC1CCCN(c2nnc(-c3cc(Br)ccc3F)s2)C1. The van der Waals surface area contributed by atoms with Crippen molar-refractivity contribution in [2.24, 2.45) is 0 Å². The second kappa shape index (κ2) is 6.37. The molecule has 0 radical (unpaired) electrons. The van der Waals surface area contributed by atoms with Crippen LogP contribution in [0.5, 0.6) is 0 Å². The molecule has 2 heterocycles. The Hall–Kier alpha value is -1.05. The number of hydrogen-bond acceptors (Lipinski definition) is 5. The lowest BCUT2D eigenvalue weighted by atomic mass is 10.1. The standard InChI is InChI=1S/C14H15BrFN3OS/c1-20-10-3-2-6-19(8-10)14-18-17-13(21-14)11-7-9(15)4-5-12(11)16/h4-5,7,10H,2-3,6,8H2,1H3. The Bertz CT molecular complexity index is 636. The molecule has 21 heavy (non-hydrogen) atoms. The van der Waals surface area contributed by atoms with Crippen molar-refractivity contribution in [3.63, 3.8) is 0 Å². The van der Waals surface area contributed by atoms with Gasteiger partial charge in [0.25, 0.3) is 0 Å².